The van der Waals surface area contributed by atoms with Gasteiger partial charge in [-0.1, -0.05) is 18.2 Å². The number of carbonyl (C=O) groups is 2. The number of nitrogens with one attached hydrogen (secondary N) is 1. The summed E-state index contributed by atoms with van der Waals surface area (Å²) in [7, 11) is 0. The molecule has 0 aromatic heterocycles. The number of non-ortho nitro benzene ring substituents is 1. The van der Waals surface area contributed by atoms with Gasteiger partial charge in [-0.05, 0) is 23.8 Å². The maximum Gasteiger partial charge on any atom is 0.339 e. The Hall–Kier alpha value is -3.75. The van der Waals surface area contributed by atoms with E-state index in [1.807, 2.05) is 0 Å². The molecule has 3 rings (SSSR count). The van der Waals surface area contributed by atoms with Crippen LogP contribution in [0.15, 0.2) is 53.6 Å². The number of nitro benzene ring substituents is 1. The Morgan fingerprint density at radius 2 is 1.92 bits per heavy atom. The van der Waals surface area contributed by atoms with E-state index in [9.17, 15) is 19.7 Å². The second kappa shape index (κ2) is 7.01. The van der Waals surface area contributed by atoms with Gasteiger partial charge in [0.25, 0.3) is 5.69 Å². The molecular weight excluding hydrogens is 340 g/mol. The summed E-state index contributed by atoms with van der Waals surface area (Å²) in [4.78, 5) is 33.2. The number of ether oxygens (including phenoxy) is 1. The van der Waals surface area contributed by atoms with Gasteiger partial charge in [-0.2, -0.15) is 5.10 Å². The Kier molecular flexibility index (Phi) is 4.61. The number of esters is 1. The Balaban J connectivity index is 1.90. The average Bonchev–Trinajstić information content (AvgIpc) is 2.95. The molecule has 1 atom stereocenters. The van der Waals surface area contributed by atoms with E-state index in [1.165, 1.54) is 24.3 Å². The van der Waals surface area contributed by atoms with Crippen molar-refractivity contribution in [3.8, 4) is 0 Å². The molecule has 2 aromatic carbocycles. The number of nitrogens with zero attached hydrogens (tertiary/aromatic N) is 2. The van der Waals surface area contributed by atoms with E-state index in [2.05, 4.69) is 10.5 Å². The first-order valence-corrected chi connectivity index (χ1v) is 7.62. The maximum atomic E-state index is 12.0. The van der Waals surface area contributed by atoms with E-state index in [4.69, 9.17) is 10.5 Å². The first-order valence-electron chi connectivity index (χ1n) is 7.62. The number of benzene rings is 2. The first kappa shape index (κ1) is 17.1. The summed E-state index contributed by atoms with van der Waals surface area (Å²) < 4.78 is 5.38. The predicted octanol–water partition coefficient (Wildman–Crippen LogP) is 2.27. The SMILES string of the molecule is NC(=O)N/N=C(\C[C@H]1OC(=O)c2ccccc21)c1ccc([N+](=O)[O-])cc1. The van der Waals surface area contributed by atoms with Gasteiger partial charge in [0.15, 0.2) is 0 Å². The minimum Gasteiger partial charge on any atom is -0.453 e. The molecule has 0 aliphatic carbocycles. The molecule has 1 aliphatic heterocycles. The Labute approximate surface area is 147 Å². The van der Waals surface area contributed by atoms with Gasteiger partial charge in [0.05, 0.1) is 16.2 Å². The zero-order chi connectivity index (χ0) is 18.7. The summed E-state index contributed by atoms with van der Waals surface area (Å²) in [5, 5.41) is 14.8. The van der Waals surface area contributed by atoms with Crippen molar-refractivity contribution in [1.29, 1.82) is 0 Å². The second-order valence-electron chi connectivity index (χ2n) is 5.52. The van der Waals surface area contributed by atoms with Crippen molar-refractivity contribution in [2.45, 2.75) is 12.5 Å². The van der Waals surface area contributed by atoms with Gasteiger partial charge in [0, 0.05) is 24.1 Å². The van der Waals surface area contributed by atoms with Crippen molar-refractivity contribution >= 4 is 23.4 Å². The number of hydrogen-bond acceptors (Lipinski definition) is 6. The third-order valence-corrected chi connectivity index (χ3v) is 3.87. The summed E-state index contributed by atoms with van der Waals surface area (Å²) >= 11 is 0. The molecule has 26 heavy (non-hydrogen) atoms. The zero-order valence-corrected chi connectivity index (χ0v) is 13.4. The molecule has 0 spiro atoms. The van der Waals surface area contributed by atoms with Gasteiger partial charge in [-0.25, -0.2) is 15.0 Å². The average molecular weight is 354 g/mol. The van der Waals surface area contributed by atoms with E-state index >= 15 is 0 Å². The van der Waals surface area contributed by atoms with Crippen molar-refractivity contribution < 1.29 is 19.2 Å². The Morgan fingerprint density at radius 1 is 1.23 bits per heavy atom. The third kappa shape index (κ3) is 3.51. The normalized spacial score (nSPS) is 15.9. The number of urea groups is 1. The minimum atomic E-state index is -0.853. The maximum absolute atomic E-state index is 12.0. The minimum absolute atomic E-state index is 0.0754. The van der Waals surface area contributed by atoms with Crippen LogP contribution < -0.4 is 11.2 Å². The number of cyclic esters (lactones) is 1. The number of hydrogen-bond donors (Lipinski definition) is 2. The topological polar surface area (TPSA) is 137 Å². The fourth-order valence-electron chi connectivity index (χ4n) is 2.67. The first-order chi connectivity index (χ1) is 12.5. The van der Waals surface area contributed by atoms with Crippen LogP contribution in [0, 0.1) is 10.1 Å². The molecule has 2 amide bonds. The quantitative estimate of drug-likeness (QED) is 0.367. The number of primary amides is 1. The Bertz CT molecular complexity index is 908. The molecule has 3 N–H and O–H groups in total. The van der Waals surface area contributed by atoms with Gasteiger partial charge in [-0.3, -0.25) is 10.1 Å². The molecule has 0 saturated heterocycles. The van der Waals surface area contributed by atoms with Crippen LogP contribution in [0.1, 0.15) is 34.0 Å². The monoisotopic (exact) mass is 354 g/mol. The van der Waals surface area contributed by atoms with Gasteiger partial charge < -0.3 is 10.5 Å². The molecule has 0 radical (unpaired) electrons. The van der Waals surface area contributed by atoms with Crippen LogP contribution in [-0.4, -0.2) is 22.6 Å². The fourth-order valence-corrected chi connectivity index (χ4v) is 2.67. The van der Waals surface area contributed by atoms with E-state index in [-0.39, 0.29) is 12.1 Å². The van der Waals surface area contributed by atoms with Crippen LogP contribution in [0.3, 0.4) is 0 Å². The highest BCUT2D eigenvalue weighted by Crippen LogP contribution is 2.34. The lowest BCUT2D eigenvalue weighted by molar-refractivity contribution is -0.384. The second-order valence-corrected chi connectivity index (χ2v) is 5.52. The van der Waals surface area contributed by atoms with Crippen LogP contribution in [0.2, 0.25) is 0 Å². The number of amides is 2. The molecule has 9 heteroatoms. The molecule has 0 unspecified atom stereocenters. The lowest BCUT2D eigenvalue weighted by Crippen LogP contribution is -2.26. The number of fused-ring (bicyclic) bond motifs is 1. The predicted molar refractivity (Wildman–Crippen MR) is 91.6 cm³/mol. The van der Waals surface area contributed by atoms with Crippen LogP contribution in [-0.2, 0) is 4.74 Å². The fraction of sp³-hybridized carbons (Fsp3) is 0.118. The highest BCUT2D eigenvalue weighted by atomic mass is 16.6. The smallest absolute Gasteiger partial charge is 0.339 e. The molecule has 0 bridgehead atoms. The number of hydrazone groups is 1. The molecule has 0 fully saturated rings. The summed E-state index contributed by atoms with van der Waals surface area (Å²) in [5.74, 6) is -0.434. The van der Waals surface area contributed by atoms with Crippen LogP contribution in [0.4, 0.5) is 10.5 Å². The summed E-state index contributed by atoms with van der Waals surface area (Å²) in [6.07, 6.45) is -0.414. The van der Waals surface area contributed by atoms with Gasteiger partial charge in [0.2, 0.25) is 0 Å². The number of rotatable bonds is 5. The lowest BCUT2D eigenvalue weighted by atomic mass is 9.98. The Morgan fingerprint density at radius 3 is 2.58 bits per heavy atom. The van der Waals surface area contributed by atoms with Crippen molar-refractivity contribution in [2.24, 2.45) is 10.8 Å². The number of carbonyl (C=O) groups excluding carboxylic acids is 2. The molecule has 2 aromatic rings. The van der Waals surface area contributed by atoms with Crippen molar-refractivity contribution in [3.63, 3.8) is 0 Å². The lowest BCUT2D eigenvalue weighted by Gasteiger charge is -2.13. The van der Waals surface area contributed by atoms with Crippen LogP contribution >= 0.6 is 0 Å². The van der Waals surface area contributed by atoms with Crippen LogP contribution in [0.25, 0.3) is 0 Å². The molecule has 9 nitrogen and oxygen atoms in total. The molecule has 1 heterocycles. The summed E-state index contributed by atoms with van der Waals surface area (Å²) in [5.41, 5.74) is 9.22. The van der Waals surface area contributed by atoms with E-state index in [1.54, 1.807) is 24.3 Å². The third-order valence-electron chi connectivity index (χ3n) is 3.87. The molecular formula is C17H14N4O5. The molecule has 132 valence electrons. The highest BCUT2D eigenvalue weighted by molar-refractivity contribution is 6.02. The standard InChI is InChI=1S/C17H14N4O5/c18-17(23)20-19-14(10-5-7-11(8-6-10)21(24)25)9-15-12-3-1-2-4-13(12)16(22)26-15/h1-8,15H,9H2,(H3,18,20,23)/b19-14+/t15-/m1/s1. The van der Waals surface area contributed by atoms with Gasteiger partial charge >= 0.3 is 12.0 Å². The van der Waals surface area contributed by atoms with Crippen molar-refractivity contribution in [1.82, 2.24) is 5.43 Å². The molecule has 0 saturated carbocycles. The van der Waals surface area contributed by atoms with Gasteiger partial charge in [0.1, 0.15) is 6.10 Å². The molecule has 1 aliphatic rings. The zero-order valence-electron chi connectivity index (χ0n) is 13.4. The van der Waals surface area contributed by atoms with E-state index < -0.39 is 23.0 Å². The van der Waals surface area contributed by atoms with Crippen LogP contribution in [0.5, 0.6) is 0 Å². The van der Waals surface area contributed by atoms with Crippen molar-refractivity contribution in [2.75, 3.05) is 0 Å². The number of nitrogens with two attached hydrogens (primary N) is 1. The van der Waals surface area contributed by atoms with E-state index in [0.29, 0.717) is 22.4 Å². The van der Waals surface area contributed by atoms with E-state index in [0.717, 1.165) is 0 Å². The van der Waals surface area contributed by atoms with Crippen molar-refractivity contribution in [3.05, 3.63) is 75.3 Å². The highest BCUT2D eigenvalue weighted by Gasteiger charge is 2.31. The summed E-state index contributed by atoms with van der Waals surface area (Å²) in [6.45, 7) is 0. The van der Waals surface area contributed by atoms with Gasteiger partial charge in [-0.15, -0.1) is 0 Å². The summed E-state index contributed by atoms with van der Waals surface area (Å²) in [6, 6.07) is 11.8. The number of nitro groups is 1. The largest absolute Gasteiger partial charge is 0.453 e.